The molecule has 6 nitrogen and oxygen atoms in total. The van der Waals surface area contributed by atoms with Crippen molar-refractivity contribution in [1.82, 2.24) is 10.1 Å². The van der Waals surface area contributed by atoms with Crippen LogP contribution in [0.25, 0.3) is 11.5 Å². The summed E-state index contributed by atoms with van der Waals surface area (Å²) in [5.74, 6) is 0.925. The summed E-state index contributed by atoms with van der Waals surface area (Å²) in [5.41, 5.74) is 7.04. The molecule has 1 heterocycles. The van der Waals surface area contributed by atoms with Crippen molar-refractivity contribution in [2.24, 2.45) is 0 Å². The van der Waals surface area contributed by atoms with E-state index in [1.807, 2.05) is 0 Å². The average molecular weight is 298 g/mol. The number of nitrogen functional groups attached to an aromatic ring is 1. The molecule has 0 saturated carbocycles. The molecule has 0 saturated heterocycles. The van der Waals surface area contributed by atoms with Crippen LogP contribution in [0.2, 0.25) is 5.02 Å². The van der Waals surface area contributed by atoms with Gasteiger partial charge in [-0.05, 0) is 18.2 Å². The molecule has 0 spiro atoms. The highest BCUT2D eigenvalue weighted by molar-refractivity contribution is 6.31. The Hall–Kier alpha value is -1.63. The molecule has 0 atom stereocenters. The summed E-state index contributed by atoms with van der Waals surface area (Å²) in [6.07, 6.45) is 0.563. The van der Waals surface area contributed by atoms with E-state index in [-0.39, 0.29) is 0 Å². The summed E-state index contributed by atoms with van der Waals surface area (Å²) >= 11 is 5.93. The third-order valence-corrected chi connectivity index (χ3v) is 2.85. The number of rotatable bonds is 7. The van der Waals surface area contributed by atoms with Crippen molar-refractivity contribution in [3.05, 3.63) is 29.0 Å². The van der Waals surface area contributed by atoms with E-state index in [1.165, 1.54) is 0 Å². The summed E-state index contributed by atoms with van der Waals surface area (Å²) in [4.78, 5) is 4.27. The largest absolute Gasteiger partial charge is 0.398 e. The second kappa shape index (κ2) is 7.23. The molecule has 0 aliphatic heterocycles. The highest BCUT2D eigenvalue weighted by Gasteiger charge is 2.12. The van der Waals surface area contributed by atoms with Gasteiger partial charge in [-0.1, -0.05) is 16.8 Å². The number of nitrogens with two attached hydrogens (primary N) is 1. The molecule has 0 aliphatic carbocycles. The van der Waals surface area contributed by atoms with E-state index in [0.717, 1.165) is 0 Å². The highest BCUT2D eigenvalue weighted by atomic mass is 35.5. The lowest BCUT2D eigenvalue weighted by Gasteiger charge is -2.01. The van der Waals surface area contributed by atoms with Gasteiger partial charge in [-0.2, -0.15) is 4.98 Å². The zero-order valence-corrected chi connectivity index (χ0v) is 11.9. The van der Waals surface area contributed by atoms with Crippen molar-refractivity contribution < 1.29 is 14.0 Å². The lowest BCUT2D eigenvalue weighted by Crippen LogP contribution is -2.05. The van der Waals surface area contributed by atoms with E-state index in [0.29, 0.717) is 54.2 Å². The topological polar surface area (TPSA) is 83.4 Å². The Labute approximate surface area is 121 Å². The van der Waals surface area contributed by atoms with Gasteiger partial charge < -0.3 is 19.7 Å². The van der Waals surface area contributed by atoms with Crippen LogP contribution in [0.5, 0.6) is 0 Å². The number of nitrogens with zero attached hydrogens (tertiary/aromatic N) is 2. The minimum Gasteiger partial charge on any atom is -0.398 e. The monoisotopic (exact) mass is 297 g/mol. The molecular weight excluding hydrogens is 282 g/mol. The van der Waals surface area contributed by atoms with Gasteiger partial charge in [0, 0.05) is 24.2 Å². The van der Waals surface area contributed by atoms with Gasteiger partial charge >= 0.3 is 0 Å². The average Bonchev–Trinajstić information content (AvgIpc) is 2.90. The Balaban J connectivity index is 1.96. The van der Waals surface area contributed by atoms with E-state index in [9.17, 15) is 0 Å². The van der Waals surface area contributed by atoms with Crippen molar-refractivity contribution in [2.45, 2.75) is 6.42 Å². The summed E-state index contributed by atoms with van der Waals surface area (Å²) in [7, 11) is 1.63. The molecular formula is C13H16ClN3O3. The van der Waals surface area contributed by atoms with E-state index in [1.54, 1.807) is 25.3 Å². The molecule has 0 fully saturated rings. The molecule has 0 bridgehead atoms. The lowest BCUT2D eigenvalue weighted by atomic mass is 10.2. The SMILES string of the molecule is COCCOCCc1noc(-c2cc(Cl)ccc2N)n1. The van der Waals surface area contributed by atoms with Crippen LogP contribution in [-0.4, -0.2) is 37.1 Å². The van der Waals surface area contributed by atoms with Crippen LogP contribution in [0.4, 0.5) is 5.69 Å². The number of aromatic nitrogens is 2. The van der Waals surface area contributed by atoms with Crippen LogP contribution in [-0.2, 0) is 15.9 Å². The van der Waals surface area contributed by atoms with Gasteiger partial charge in [-0.25, -0.2) is 0 Å². The van der Waals surface area contributed by atoms with Crippen LogP contribution in [0.15, 0.2) is 22.7 Å². The molecule has 0 aliphatic rings. The standard InChI is InChI=1S/C13H16ClN3O3/c1-18-6-7-19-5-4-12-16-13(20-17-12)10-8-9(14)2-3-11(10)15/h2-3,8H,4-7,15H2,1H3. The van der Waals surface area contributed by atoms with Crippen LogP contribution in [0.1, 0.15) is 5.82 Å². The fourth-order valence-corrected chi connectivity index (χ4v) is 1.76. The molecule has 0 amide bonds. The van der Waals surface area contributed by atoms with Crippen molar-refractivity contribution in [3.63, 3.8) is 0 Å². The Morgan fingerprint density at radius 1 is 1.30 bits per heavy atom. The number of halogens is 1. The number of ether oxygens (including phenoxy) is 2. The minimum atomic E-state index is 0.358. The number of anilines is 1. The Kier molecular flexibility index (Phi) is 5.34. The fraction of sp³-hybridized carbons (Fsp3) is 0.385. The first-order valence-corrected chi connectivity index (χ1v) is 6.53. The zero-order valence-electron chi connectivity index (χ0n) is 11.1. The van der Waals surface area contributed by atoms with Gasteiger partial charge in [0.1, 0.15) is 0 Å². The van der Waals surface area contributed by atoms with Crippen LogP contribution >= 0.6 is 11.6 Å². The lowest BCUT2D eigenvalue weighted by molar-refractivity contribution is 0.0714. The predicted molar refractivity (Wildman–Crippen MR) is 75.6 cm³/mol. The molecule has 7 heteroatoms. The first-order chi connectivity index (χ1) is 9.70. The Morgan fingerprint density at radius 3 is 2.95 bits per heavy atom. The van der Waals surface area contributed by atoms with E-state index in [2.05, 4.69) is 10.1 Å². The molecule has 0 unspecified atom stereocenters. The van der Waals surface area contributed by atoms with Crippen LogP contribution in [0, 0.1) is 0 Å². The third kappa shape index (κ3) is 3.93. The van der Waals surface area contributed by atoms with Gasteiger partial charge in [-0.15, -0.1) is 0 Å². The van der Waals surface area contributed by atoms with E-state index in [4.69, 9.17) is 31.3 Å². The maximum absolute atomic E-state index is 5.93. The smallest absolute Gasteiger partial charge is 0.260 e. The fourth-order valence-electron chi connectivity index (χ4n) is 1.59. The van der Waals surface area contributed by atoms with Crippen LogP contribution < -0.4 is 5.73 Å². The first-order valence-electron chi connectivity index (χ1n) is 6.15. The molecule has 2 aromatic rings. The van der Waals surface area contributed by atoms with E-state index < -0.39 is 0 Å². The van der Waals surface area contributed by atoms with Gasteiger partial charge in [0.2, 0.25) is 0 Å². The molecule has 0 radical (unpaired) electrons. The first kappa shape index (κ1) is 14.8. The number of hydrogen-bond donors (Lipinski definition) is 1. The second-order valence-corrected chi connectivity index (χ2v) is 4.54. The van der Waals surface area contributed by atoms with Crippen molar-refractivity contribution in [3.8, 4) is 11.5 Å². The van der Waals surface area contributed by atoms with E-state index >= 15 is 0 Å². The van der Waals surface area contributed by atoms with Gasteiger partial charge in [0.05, 0.1) is 25.4 Å². The normalized spacial score (nSPS) is 10.9. The van der Waals surface area contributed by atoms with Crippen molar-refractivity contribution >= 4 is 17.3 Å². The van der Waals surface area contributed by atoms with Gasteiger partial charge in [-0.3, -0.25) is 0 Å². The molecule has 2 N–H and O–H groups in total. The molecule has 20 heavy (non-hydrogen) atoms. The summed E-state index contributed by atoms with van der Waals surface area (Å²) in [5, 5.41) is 4.45. The quantitative estimate of drug-likeness (QED) is 0.623. The molecule has 1 aromatic carbocycles. The Bertz CT molecular complexity index is 560. The Morgan fingerprint density at radius 2 is 2.15 bits per heavy atom. The van der Waals surface area contributed by atoms with Crippen molar-refractivity contribution in [2.75, 3.05) is 32.7 Å². The molecule has 2 rings (SSSR count). The van der Waals surface area contributed by atoms with Gasteiger partial charge in [0.25, 0.3) is 5.89 Å². The molecule has 1 aromatic heterocycles. The maximum atomic E-state index is 5.93. The minimum absolute atomic E-state index is 0.358. The summed E-state index contributed by atoms with van der Waals surface area (Å²) in [6, 6.07) is 5.11. The number of methoxy groups -OCH3 is 1. The van der Waals surface area contributed by atoms with Gasteiger partial charge in [0.15, 0.2) is 5.82 Å². The molecule has 108 valence electrons. The van der Waals surface area contributed by atoms with Crippen LogP contribution in [0.3, 0.4) is 0 Å². The summed E-state index contributed by atoms with van der Waals surface area (Å²) in [6.45, 7) is 1.62. The summed E-state index contributed by atoms with van der Waals surface area (Å²) < 4.78 is 15.4. The highest BCUT2D eigenvalue weighted by Crippen LogP contribution is 2.27. The third-order valence-electron chi connectivity index (χ3n) is 2.62. The number of benzene rings is 1. The predicted octanol–water partition coefficient (Wildman–Crippen LogP) is 2.18. The zero-order chi connectivity index (χ0) is 14.4. The maximum Gasteiger partial charge on any atom is 0.260 e. The second-order valence-electron chi connectivity index (χ2n) is 4.10. The number of hydrogen-bond acceptors (Lipinski definition) is 6. The van der Waals surface area contributed by atoms with Crippen molar-refractivity contribution in [1.29, 1.82) is 0 Å².